The van der Waals surface area contributed by atoms with Crippen molar-refractivity contribution in [2.24, 2.45) is 0 Å². The van der Waals surface area contributed by atoms with Crippen LogP contribution in [-0.2, 0) is 0 Å². The van der Waals surface area contributed by atoms with Gasteiger partial charge in [-0.15, -0.1) is 0 Å². The quantitative estimate of drug-likeness (QED) is 0.633. The number of aromatic amines is 1. The molecule has 0 atom stereocenters. The third kappa shape index (κ3) is 2.31. The highest BCUT2D eigenvalue weighted by molar-refractivity contribution is 6.31. The van der Waals surface area contributed by atoms with Crippen molar-refractivity contribution in [2.45, 2.75) is 0 Å². The maximum Gasteiger partial charge on any atom is 0.257 e. The second kappa shape index (κ2) is 4.86. The fraction of sp³-hybridized carbons (Fsp3) is 0. The van der Waals surface area contributed by atoms with Gasteiger partial charge in [-0.05, 0) is 36.4 Å². The Bertz CT molecular complexity index is 797. The van der Waals surface area contributed by atoms with E-state index in [1.165, 1.54) is 0 Å². The van der Waals surface area contributed by atoms with Crippen LogP contribution in [0.25, 0.3) is 10.9 Å². The Balaban J connectivity index is 1.87. The molecule has 2 aromatic carbocycles. The molecule has 0 aliphatic rings. The number of hydrogen-bond donors (Lipinski definition) is 3. The zero-order chi connectivity index (χ0) is 14.1. The molecule has 0 spiro atoms. The van der Waals surface area contributed by atoms with Crippen molar-refractivity contribution in [3.05, 3.63) is 53.2 Å². The Labute approximate surface area is 119 Å². The van der Waals surface area contributed by atoms with E-state index in [4.69, 9.17) is 17.3 Å². The number of carbonyl (C=O) groups excluding carboxylic acids is 1. The second-order valence-electron chi connectivity index (χ2n) is 4.36. The number of aromatic nitrogens is 2. The van der Waals surface area contributed by atoms with Crippen LogP contribution in [0.15, 0.2) is 42.6 Å². The molecule has 1 amide bonds. The molecule has 0 fully saturated rings. The second-order valence-corrected chi connectivity index (χ2v) is 4.79. The maximum absolute atomic E-state index is 12.2. The van der Waals surface area contributed by atoms with Crippen LogP contribution in [0.2, 0.25) is 5.02 Å². The van der Waals surface area contributed by atoms with E-state index in [1.54, 1.807) is 30.5 Å². The first-order valence-electron chi connectivity index (χ1n) is 5.93. The molecule has 6 heteroatoms. The lowest BCUT2D eigenvalue weighted by Crippen LogP contribution is -2.13. The fourth-order valence-electron chi connectivity index (χ4n) is 1.96. The minimum absolute atomic E-state index is 0.276. The molecule has 1 aromatic heterocycles. The number of rotatable bonds is 2. The number of nitrogens with one attached hydrogen (secondary N) is 2. The average molecular weight is 287 g/mol. The minimum Gasteiger partial charge on any atom is -0.398 e. The van der Waals surface area contributed by atoms with E-state index in [0.29, 0.717) is 22.0 Å². The van der Waals surface area contributed by atoms with Crippen molar-refractivity contribution in [2.75, 3.05) is 11.1 Å². The van der Waals surface area contributed by atoms with Crippen LogP contribution in [0, 0.1) is 0 Å². The predicted octanol–water partition coefficient (Wildman–Crippen LogP) is 3.05. The first kappa shape index (κ1) is 12.5. The molecule has 0 aliphatic carbocycles. The SMILES string of the molecule is Nc1cc(Cl)ccc1C(=O)Nc1ccc2[nH]ncc2c1. The zero-order valence-corrected chi connectivity index (χ0v) is 11.1. The molecule has 0 unspecified atom stereocenters. The largest absolute Gasteiger partial charge is 0.398 e. The Morgan fingerprint density at radius 1 is 1.25 bits per heavy atom. The summed E-state index contributed by atoms with van der Waals surface area (Å²) in [4.78, 5) is 12.2. The van der Waals surface area contributed by atoms with Crippen molar-refractivity contribution in [1.29, 1.82) is 0 Å². The molecule has 4 N–H and O–H groups in total. The van der Waals surface area contributed by atoms with Crippen LogP contribution in [-0.4, -0.2) is 16.1 Å². The average Bonchev–Trinajstić information content (AvgIpc) is 2.85. The topological polar surface area (TPSA) is 83.8 Å². The molecule has 5 nitrogen and oxygen atoms in total. The maximum atomic E-state index is 12.2. The highest BCUT2D eigenvalue weighted by Crippen LogP contribution is 2.21. The van der Waals surface area contributed by atoms with Gasteiger partial charge in [-0.1, -0.05) is 11.6 Å². The number of nitrogens with two attached hydrogens (primary N) is 1. The van der Waals surface area contributed by atoms with E-state index in [0.717, 1.165) is 10.9 Å². The molecule has 3 aromatic rings. The third-order valence-corrected chi connectivity index (χ3v) is 3.19. The number of nitrogen functional groups attached to an aromatic ring is 1. The number of H-pyrrole nitrogens is 1. The van der Waals surface area contributed by atoms with Crippen LogP contribution in [0.5, 0.6) is 0 Å². The molecule has 20 heavy (non-hydrogen) atoms. The van der Waals surface area contributed by atoms with Gasteiger partial charge >= 0.3 is 0 Å². The molecule has 100 valence electrons. The summed E-state index contributed by atoms with van der Waals surface area (Å²) in [5, 5.41) is 11.0. The number of halogens is 1. The summed E-state index contributed by atoms with van der Waals surface area (Å²) in [7, 11) is 0. The number of benzene rings is 2. The van der Waals surface area contributed by atoms with E-state index in [9.17, 15) is 4.79 Å². The summed E-state index contributed by atoms with van der Waals surface area (Å²) >= 11 is 5.81. The van der Waals surface area contributed by atoms with Gasteiger partial charge in [-0.3, -0.25) is 9.89 Å². The molecule has 0 bridgehead atoms. The summed E-state index contributed by atoms with van der Waals surface area (Å²) in [5.41, 5.74) is 8.12. The number of anilines is 2. The van der Waals surface area contributed by atoms with E-state index in [1.807, 2.05) is 12.1 Å². The Hall–Kier alpha value is -2.53. The van der Waals surface area contributed by atoms with E-state index in [-0.39, 0.29) is 5.91 Å². The van der Waals surface area contributed by atoms with Crippen LogP contribution in [0.3, 0.4) is 0 Å². The van der Waals surface area contributed by atoms with Crippen molar-refractivity contribution in [1.82, 2.24) is 10.2 Å². The van der Waals surface area contributed by atoms with E-state index in [2.05, 4.69) is 15.5 Å². The monoisotopic (exact) mass is 286 g/mol. The van der Waals surface area contributed by atoms with Gasteiger partial charge in [0.25, 0.3) is 5.91 Å². The third-order valence-electron chi connectivity index (χ3n) is 2.96. The van der Waals surface area contributed by atoms with Gasteiger partial charge < -0.3 is 11.1 Å². The molecule has 0 radical (unpaired) electrons. The van der Waals surface area contributed by atoms with Gasteiger partial charge in [-0.2, -0.15) is 5.10 Å². The molecular weight excluding hydrogens is 276 g/mol. The summed E-state index contributed by atoms with van der Waals surface area (Å²) in [6, 6.07) is 10.3. The van der Waals surface area contributed by atoms with Crippen molar-refractivity contribution in [3.63, 3.8) is 0 Å². The van der Waals surface area contributed by atoms with Gasteiger partial charge in [0, 0.05) is 21.8 Å². The van der Waals surface area contributed by atoms with Crippen molar-refractivity contribution < 1.29 is 4.79 Å². The molecule has 0 saturated carbocycles. The number of fused-ring (bicyclic) bond motifs is 1. The van der Waals surface area contributed by atoms with Crippen LogP contribution >= 0.6 is 11.6 Å². The van der Waals surface area contributed by atoms with Gasteiger partial charge in [0.05, 0.1) is 17.3 Å². The molecule has 0 aliphatic heterocycles. The lowest BCUT2D eigenvalue weighted by molar-refractivity contribution is 0.102. The van der Waals surface area contributed by atoms with Gasteiger partial charge in [-0.25, -0.2) is 0 Å². The highest BCUT2D eigenvalue weighted by atomic mass is 35.5. The van der Waals surface area contributed by atoms with Crippen molar-refractivity contribution in [3.8, 4) is 0 Å². The van der Waals surface area contributed by atoms with Gasteiger partial charge in [0.15, 0.2) is 0 Å². The Morgan fingerprint density at radius 3 is 2.90 bits per heavy atom. The van der Waals surface area contributed by atoms with Crippen LogP contribution < -0.4 is 11.1 Å². The summed E-state index contributed by atoms with van der Waals surface area (Å²) in [6.45, 7) is 0. The minimum atomic E-state index is -0.276. The van der Waals surface area contributed by atoms with E-state index < -0.39 is 0 Å². The van der Waals surface area contributed by atoms with Gasteiger partial charge in [0.1, 0.15) is 0 Å². The molecule has 3 rings (SSSR count). The number of carbonyl (C=O) groups is 1. The van der Waals surface area contributed by atoms with Crippen molar-refractivity contribution >= 4 is 39.8 Å². The number of nitrogens with zero attached hydrogens (tertiary/aromatic N) is 1. The summed E-state index contributed by atoms with van der Waals surface area (Å²) < 4.78 is 0. The fourth-order valence-corrected chi connectivity index (χ4v) is 2.14. The Morgan fingerprint density at radius 2 is 2.10 bits per heavy atom. The number of amides is 1. The standard InChI is InChI=1S/C14H11ClN4O/c15-9-1-3-11(12(16)6-9)14(20)18-10-2-4-13-8(5-10)7-17-19-13/h1-7H,16H2,(H,17,19)(H,18,20). The molecule has 0 saturated heterocycles. The zero-order valence-electron chi connectivity index (χ0n) is 10.4. The van der Waals surface area contributed by atoms with E-state index >= 15 is 0 Å². The number of hydrogen-bond acceptors (Lipinski definition) is 3. The summed E-state index contributed by atoms with van der Waals surface area (Å²) in [5.74, 6) is -0.276. The Kier molecular flexibility index (Phi) is 3.04. The first-order chi connectivity index (χ1) is 9.63. The lowest BCUT2D eigenvalue weighted by atomic mass is 10.1. The van der Waals surface area contributed by atoms with Crippen LogP contribution in [0.4, 0.5) is 11.4 Å². The van der Waals surface area contributed by atoms with Crippen LogP contribution in [0.1, 0.15) is 10.4 Å². The first-order valence-corrected chi connectivity index (χ1v) is 6.31. The molecular formula is C14H11ClN4O. The van der Waals surface area contributed by atoms with Gasteiger partial charge in [0.2, 0.25) is 0 Å². The summed E-state index contributed by atoms with van der Waals surface area (Å²) in [6.07, 6.45) is 1.70. The smallest absolute Gasteiger partial charge is 0.257 e. The highest BCUT2D eigenvalue weighted by Gasteiger charge is 2.10. The predicted molar refractivity (Wildman–Crippen MR) is 79.9 cm³/mol. The molecule has 1 heterocycles. The lowest BCUT2D eigenvalue weighted by Gasteiger charge is -2.08. The normalized spacial score (nSPS) is 10.7.